The number of carbonyl (C=O) groups is 3. The first-order valence-corrected chi connectivity index (χ1v) is 11.9. The van der Waals surface area contributed by atoms with Crippen molar-refractivity contribution in [3.63, 3.8) is 0 Å². The third kappa shape index (κ3) is 3.17. The van der Waals surface area contributed by atoms with Crippen LogP contribution >= 0.6 is 0 Å². The molecular weight excluding hydrogens is 412 g/mol. The molecule has 5 aliphatic rings. The zero-order valence-electron chi connectivity index (χ0n) is 18.9. The average Bonchev–Trinajstić information content (AvgIpc) is 3.59. The minimum Gasteiger partial charge on any atom is -0.324 e. The Bertz CT molecular complexity index is 1150. The molecule has 1 N–H and O–H groups in total. The van der Waals surface area contributed by atoms with Gasteiger partial charge in [0.25, 0.3) is 0 Å². The molecule has 0 unspecified atom stereocenters. The summed E-state index contributed by atoms with van der Waals surface area (Å²) >= 11 is 0. The summed E-state index contributed by atoms with van der Waals surface area (Å²) in [6.07, 6.45) is 5.76. The van der Waals surface area contributed by atoms with Gasteiger partial charge in [-0.2, -0.15) is 0 Å². The molecular formula is C28H28N2O3. The highest BCUT2D eigenvalue weighted by atomic mass is 16.2. The number of nitrogens with zero attached hydrogens (tertiary/aromatic N) is 1. The lowest BCUT2D eigenvalue weighted by molar-refractivity contribution is -0.146. The zero-order chi connectivity index (χ0) is 22.9. The second-order valence-electron chi connectivity index (χ2n) is 10.2. The second-order valence-corrected chi connectivity index (χ2v) is 10.2. The van der Waals surface area contributed by atoms with Gasteiger partial charge >= 0.3 is 0 Å². The molecule has 1 saturated heterocycles. The van der Waals surface area contributed by atoms with Crippen molar-refractivity contribution in [2.24, 2.45) is 35.5 Å². The quantitative estimate of drug-likeness (QED) is 0.566. The molecule has 5 nitrogen and oxygen atoms in total. The number of anilines is 1. The Hall–Kier alpha value is -3.21. The number of hydrogen-bond donors (Lipinski definition) is 1. The number of allylic oxidation sites excluding steroid dienone is 2. The van der Waals surface area contributed by atoms with E-state index in [9.17, 15) is 14.4 Å². The van der Waals surface area contributed by atoms with Gasteiger partial charge in [-0.25, -0.2) is 0 Å². The van der Waals surface area contributed by atoms with Crippen LogP contribution in [0.5, 0.6) is 0 Å². The molecule has 2 bridgehead atoms. The molecule has 1 aliphatic heterocycles. The molecule has 0 radical (unpaired) electrons. The third-order valence-electron chi connectivity index (χ3n) is 8.36. The number of aryl methyl sites for hydroxylation is 2. The molecule has 5 heteroatoms. The van der Waals surface area contributed by atoms with Crippen LogP contribution in [0.4, 0.5) is 5.69 Å². The van der Waals surface area contributed by atoms with Gasteiger partial charge in [0.2, 0.25) is 17.7 Å². The Morgan fingerprint density at radius 3 is 2.18 bits per heavy atom. The molecule has 4 aliphatic carbocycles. The molecule has 2 aromatic carbocycles. The van der Waals surface area contributed by atoms with Crippen LogP contribution in [0.15, 0.2) is 60.7 Å². The first-order chi connectivity index (χ1) is 15.9. The highest BCUT2D eigenvalue weighted by molar-refractivity contribution is 6.10. The van der Waals surface area contributed by atoms with Crippen molar-refractivity contribution in [2.75, 3.05) is 5.32 Å². The van der Waals surface area contributed by atoms with Crippen LogP contribution in [-0.4, -0.2) is 28.7 Å². The fraction of sp³-hybridized carbons (Fsp3) is 0.393. The maximum Gasteiger partial charge on any atom is 0.248 e. The van der Waals surface area contributed by atoms with Gasteiger partial charge in [0.05, 0.1) is 11.8 Å². The van der Waals surface area contributed by atoms with Gasteiger partial charge in [-0.05, 0) is 72.8 Å². The molecule has 2 saturated carbocycles. The molecule has 1 heterocycles. The van der Waals surface area contributed by atoms with Gasteiger partial charge in [0.15, 0.2) is 0 Å². The molecule has 2 aromatic rings. The Labute approximate surface area is 193 Å². The Morgan fingerprint density at radius 1 is 0.939 bits per heavy atom. The fourth-order valence-electron chi connectivity index (χ4n) is 6.47. The molecule has 168 valence electrons. The Kier molecular flexibility index (Phi) is 4.58. The van der Waals surface area contributed by atoms with Gasteiger partial charge < -0.3 is 5.32 Å². The Balaban J connectivity index is 1.33. The largest absolute Gasteiger partial charge is 0.324 e. The lowest BCUT2D eigenvalue weighted by Gasteiger charge is -2.37. The summed E-state index contributed by atoms with van der Waals surface area (Å²) in [5.74, 6) is 0.126. The summed E-state index contributed by atoms with van der Waals surface area (Å²) in [5, 5.41) is 2.98. The molecule has 3 amide bonds. The standard InChI is InChI=1S/C28H28N2O3/c1-15-8-9-18(12-16(15)2)29-26(31)23(13-17-6-4-3-5-7-17)30-27(32)24-19-10-11-20(22-14-21(19)22)25(24)28(30)33/h3-12,19-25H,13-14H2,1-2H3,(H,29,31)/t19-,20-,21-,22+,23-,24+,25+/m0/s1. The molecule has 33 heavy (non-hydrogen) atoms. The number of imide groups is 1. The lowest BCUT2D eigenvalue weighted by Crippen LogP contribution is -2.49. The summed E-state index contributed by atoms with van der Waals surface area (Å²) < 4.78 is 0. The first kappa shape index (κ1) is 20.4. The van der Waals surface area contributed by atoms with E-state index < -0.39 is 6.04 Å². The topological polar surface area (TPSA) is 66.5 Å². The Morgan fingerprint density at radius 2 is 1.58 bits per heavy atom. The summed E-state index contributed by atoms with van der Waals surface area (Å²) in [7, 11) is 0. The van der Waals surface area contributed by atoms with Gasteiger partial charge in [-0.15, -0.1) is 0 Å². The minimum absolute atomic E-state index is 0.145. The van der Waals surface area contributed by atoms with Crippen molar-refractivity contribution in [3.05, 3.63) is 77.4 Å². The van der Waals surface area contributed by atoms with E-state index in [1.54, 1.807) is 0 Å². The molecule has 7 rings (SSSR count). The monoisotopic (exact) mass is 440 g/mol. The predicted molar refractivity (Wildman–Crippen MR) is 125 cm³/mol. The number of rotatable bonds is 5. The van der Waals surface area contributed by atoms with Crippen LogP contribution in [0.25, 0.3) is 0 Å². The van der Waals surface area contributed by atoms with Crippen LogP contribution in [-0.2, 0) is 20.8 Å². The van der Waals surface area contributed by atoms with Crippen LogP contribution in [0.1, 0.15) is 23.1 Å². The van der Waals surface area contributed by atoms with Crippen LogP contribution in [0.3, 0.4) is 0 Å². The van der Waals surface area contributed by atoms with E-state index in [-0.39, 0.29) is 41.4 Å². The number of hydrogen-bond acceptors (Lipinski definition) is 3. The maximum absolute atomic E-state index is 13.7. The number of likely N-dealkylation sites (tertiary alicyclic amines) is 1. The van der Waals surface area contributed by atoms with Crippen molar-refractivity contribution in [1.82, 2.24) is 4.90 Å². The zero-order valence-corrected chi connectivity index (χ0v) is 18.9. The number of carbonyl (C=O) groups excluding carboxylic acids is 3. The minimum atomic E-state index is -0.865. The molecule has 0 spiro atoms. The third-order valence-corrected chi connectivity index (χ3v) is 8.36. The van der Waals surface area contributed by atoms with E-state index in [1.165, 1.54) is 4.90 Å². The summed E-state index contributed by atoms with van der Waals surface area (Å²) in [5.41, 5.74) is 3.83. The van der Waals surface area contributed by atoms with E-state index in [0.29, 0.717) is 23.9 Å². The fourth-order valence-corrected chi connectivity index (χ4v) is 6.47. The van der Waals surface area contributed by atoms with Crippen molar-refractivity contribution in [1.29, 1.82) is 0 Å². The average molecular weight is 441 g/mol. The van der Waals surface area contributed by atoms with Gasteiger partial charge in [0.1, 0.15) is 6.04 Å². The van der Waals surface area contributed by atoms with Gasteiger partial charge in [-0.1, -0.05) is 48.6 Å². The van der Waals surface area contributed by atoms with Crippen molar-refractivity contribution < 1.29 is 14.4 Å². The van der Waals surface area contributed by atoms with E-state index in [2.05, 4.69) is 17.5 Å². The highest BCUT2D eigenvalue weighted by Crippen LogP contribution is 2.65. The molecule has 0 aromatic heterocycles. The van der Waals surface area contributed by atoms with E-state index >= 15 is 0 Å². The predicted octanol–water partition coefficient (Wildman–Crippen LogP) is 3.91. The second kappa shape index (κ2) is 7.41. The molecule has 7 atom stereocenters. The van der Waals surface area contributed by atoms with Gasteiger partial charge in [-0.3, -0.25) is 19.3 Å². The van der Waals surface area contributed by atoms with Crippen molar-refractivity contribution in [2.45, 2.75) is 32.7 Å². The van der Waals surface area contributed by atoms with Crippen molar-refractivity contribution >= 4 is 23.4 Å². The first-order valence-electron chi connectivity index (χ1n) is 11.9. The lowest BCUT2D eigenvalue weighted by atomic mass is 9.63. The smallest absolute Gasteiger partial charge is 0.248 e. The summed E-state index contributed by atoms with van der Waals surface area (Å²) in [6, 6.07) is 14.5. The number of benzene rings is 2. The summed E-state index contributed by atoms with van der Waals surface area (Å²) in [6.45, 7) is 4.02. The van der Waals surface area contributed by atoms with Crippen LogP contribution in [0.2, 0.25) is 0 Å². The molecule has 3 fully saturated rings. The van der Waals surface area contributed by atoms with E-state index in [1.807, 2.05) is 62.4 Å². The van der Waals surface area contributed by atoms with Crippen molar-refractivity contribution in [3.8, 4) is 0 Å². The van der Waals surface area contributed by atoms with Crippen LogP contribution in [0, 0.1) is 49.4 Å². The number of nitrogens with one attached hydrogen (secondary N) is 1. The maximum atomic E-state index is 13.7. The van der Waals surface area contributed by atoms with Gasteiger partial charge in [0, 0.05) is 12.1 Å². The SMILES string of the molecule is Cc1ccc(NC(=O)[C@H](Cc2ccccc2)N2C(=O)[C@@H]3[C@H]4C=C[C@@H]([C@@H]5C[C@H]45)[C@H]3C2=O)cc1C. The van der Waals surface area contributed by atoms with Crippen LogP contribution < -0.4 is 5.32 Å². The van der Waals surface area contributed by atoms with E-state index in [4.69, 9.17) is 0 Å². The number of amides is 3. The van der Waals surface area contributed by atoms with E-state index in [0.717, 1.165) is 23.1 Å². The normalized spacial score (nSPS) is 31.9. The highest BCUT2D eigenvalue weighted by Gasteiger charge is 2.67. The summed E-state index contributed by atoms with van der Waals surface area (Å²) in [4.78, 5) is 42.3.